The van der Waals surface area contributed by atoms with Crippen LogP contribution in [0.3, 0.4) is 0 Å². The fourth-order valence-corrected chi connectivity index (χ4v) is 8.83. The van der Waals surface area contributed by atoms with E-state index in [9.17, 15) is 0 Å². The van der Waals surface area contributed by atoms with Crippen molar-refractivity contribution in [3.63, 3.8) is 0 Å². The molecule has 0 radical (unpaired) electrons. The lowest BCUT2D eigenvalue weighted by atomic mass is 9.84. The Labute approximate surface area is 270 Å². The van der Waals surface area contributed by atoms with Gasteiger partial charge in [0.2, 0.25) is 0 Å². The predicted octanol–water partition coefficient (Wildman–Crippen LogP) is 12.0. The van der Waals surface area contributed by atoms with E-state index >= 15 is 0 Å². The third-order valence-corrected chi connectivity index (χ3v) is 10.8. The van der Waals surface area contributed by atoms with Crippen LogP contribution < -0.4 is 0 Å². The molecule has 2 heterocycles. The Kier molecular flexibility index (Phi) is 5.52. The van der Waals surface area contributed by atoms with Gasteiger partial charge in [0.15, 0.2) is 0 Å². The fraction of sp³-hybridized carbons (Fsp3) is 0.0465. The van der Waals surface area contributed by atoms with Crippen LogP contribution in [0.5, 0.6) is 0 Å². The molecule has 0 saturated carbocycles. The SMILES string of the molecule is CCc1nc2cccc3c2n1-c1cc(-c2c4ccccc4c(-c4cc5ccccc5c5ccccc45)c4ccccc24)ccc1S3. The van der Waals surface area contributed by atoms with Crippen LogP contribution in [0.2, 0.25) is 0 Å². The number of benzene rings is 8. The summed E-state index contributed by atoms with van der Waals surface area (Å²) in [5.41, 5.74) is 8.59. The topological polar surface area (TPSA) is 17.8 Å². The van der Waals surface area contributed by atoms with Gasteiger partial charge >= 0.3 is 0 Å². The molecular formula is C43H28N2S. The molecule has 0 saturated heterocycles. The molecule has 10 rings (SSSR count). The molecule has 1 aliphatic rings. The van der Waals surface area contributed by atoms with E-state index in [1.54, 1.807) is 0 Å². The quantitative estimate of drug-likeness (QED) is 0.147. The molecule has 8 aromatic carbocycles. The molecule has 0 bridgehead atoms. The van der Waals surface area contributed by atoms with Crippen molar-refractivity contribution in [1.82, 2.24) is 9.55 Å². The standard InChI is InChI=1S/C43H28N2S/c1-2-40-44-36-20-11-21-39-43(36)45(40)37-25-27(22-23-38(37)46-39)41-31-16-7-9-18-33(31)42(34-19-10-8-17-32(34)41)35-24-26-12-3-4-13-28(26)29-14-5-6-15-30(29)35/h3-25H,2H2,1H3. The number of hydrogen-bond donors (Lipinski definition) is 0. The van der Waals surface area contributed by atoms with E-state index in [2.05, 4.69) is 151 Å². The molecule has 216 valence electrons. The van der Waals surface area contributed by atoms with Crippen molar-refractivity contribution < 1.29 is 0 Å². The van der Waals surface area contributed by atoms with E-state index < -0.39 is 0 Å². The van der Waals surface area contributed by atoms with Gasteiger partial charge < -0.3 is 0 Å². The van der Waals surface area contributed by atoms with E-state index in [4.69, 9.17) is 4.98 Å². The molecule has 0 aliphatic carbocycles. The third kappa shape index (κ3) is 3.58. The summed E-state index contributed by atoms with van der Waals surface area (Å²) in [6.45, 7) is 2.20. The summed E-state index contributed by atoms with van der Waals surface area (Å²) >= 11 is 1.85. The summed E-state index contributed by atoms with van der Waals surface area (Å²) in [5, 5.41) is 10.2. The second kappa shape index (κ2) is 9.81. The Morgan fingerprint density at radius 2 is 1.17 bits per heavy atom. The minimum atomic E-state index is 0.878. The molecule has 2 nitrogen and oxygen atoms in total. The molecule has 0 fully saturated rings. The van der Waals surface area contributed by atoms with E-state index in [1.165, 1.54) is 86.3 Å². The number of hydrogen-bond acceptors (Lipinski definition) is 2. The van der Waals surface area contributed by atoms with Gasteiger partial charge in [-0.2, -0.15) is 0 Å². The maximum absolute atomic E-state index is 5.05. The molecule has 0 N–H and O–H groups in total. The number of para-hydroxylation sites is 1. The molecule has 0 atom stereocenters. The number of nitrogens with zero attached hydrogens (tertiary/aromatic N) is 2. The van der Waals surface area contributed by atoms with Crippen molar-refractivity contribution in [3.05, 3.63) is 145 Å². The number of fused-ring (bicyclic) bond motifs is 7. The van der Waals surface area contributed by atoms with E-state index in [0.717, 1.165) is 17.8 Å². The maximum Gasteiger partial charge on any atom is 0.114 e. The van der Waals surface area contributed by atoms with E-state index in [1.807, 2.05) is 11.8 Å². The zero-order chi connectivity index (χ0) is 30.4. The molecule has 0 spiro atoms. The van der Waals surface area contributed by atoms with Gasteiger partial charge in [0.05, 0.1) is 16.7 Å². The molecule has 46 heavy (non-hydrogen) atoms. The molecule has 1 aliphatic heterocycles. The van der Waals surface area contributed by atoms with Crippen LogP contribution in [-0.4, -0.2) is 9.55 Å². The highest BCUT2D eigenvalue weighted by atomic mass is 32.2. The van der Waals surface area contributed by atoms with Crippen molar-refractivity contribution >= 4 is 65.9 Å². The Morgan fingerprint density at radius 3 is 1.89 bits per heavy atom. The Bertz CT molecular complexity index is 2660. The fourth-order valence-electron chi connectivity index (χ4n) is 7.77. The van der Waals surface area contributed by atoms with Crippen LogP contribution in [0.1, 0.15) is 12.7 Å². The van der Waals surface area contributed by atoms with Crippen LogP contribution >= 0.6 is 11.8 Å². The highest BCUT2D eigenvalue weighted by molar-refractivity contribution is 7.99. The number of aryl methyl sites for hydroxylation is 1. The molecule has 3 heteroatoms. The summed E-state index contributed by atoms with van der Waals surface area (Å²) in [6.07, 6.45) is 0.878. The van der Waals surface area contributed by atoms with Gasteiger partial charge in [-0.1, -0.05) is 128 Å². The minimum absolute atomic E-state index is 0.878. The Morgan fingerprint density at radius 1 is 0.543 bits per heavy atom. The van der Waals surface area contributed by atoms with Crippen LogP contribution in [-0.2, 0) is 6.42 Å². The average Bonchev–Trinajstić information content (AvgIpc) is 3.50. The van der Waals surface area contributed by atoms with Gasteiger partial charge in [-0.25, -0.2) is 4.98 Å². The first-order valence-corrected chi connectivity index (χ1v) is 16.8. The predicted molar refractivity (Wildman–Crippen MR) is 195 cm³/mol. The highest BCUT2D eigenvalue weighted by Crippen LogP contribution is 2.49. The summed E-state index contributed by atoms with van der Waals surface area (Å²) < 4.78 is 2.40. The van der Waals surface area contributed by atoms with Crippen LogP contribution in [0.4, 0.5) is 0 Å². The zero-order valence-corrected chi connectivity index (χ0v) is 26.1. The van der Waals surface area contributed by atoms with E-state index in [-0.39, 0.29) is 0 Å². The number of aromatic nitrogens is 2. The summed E-state index contributed by atoms with van der Waals surface area (Å²) in [7, 11) is 0. The summed E-state index contributed by atoms with van der Waals surface area (Å²) in [6, 6.07) is 51.5. The first-order chi connectivity index (χ1) is 22.8. The minimum Gasteiger partial charge on any atom is -0.294 e. The smallest absolute Gasteiger partial charge is 0.114 e. The van der Waals surface area contributed by atoms with Crippen LogP contribution in [0, 0.1) is 0 Å². The largest absolute Gasteiger partial charge is 0.294 e. The van der Waals surface area contributed by atoms with Gasteiger partial charge in [-0.05, 0) is 95.7 Å². The first-order valence-electron chi connectivity index (χ1n) is 16.0. The second-order valence-corrected chi connectivity index (χ2v) is 13.2. The lowest BCUT2D eigenvalue weighted by Gasteiger charge is -2.23. The summed E-state index contributed by atoms with van der Waals surface area (Å²) in [4.78, 5) is 7.58. The monoisotopic (exact) mass is 604 g/mol. The first kappa shape index (κ1) is 25.9. The van der Waals surface area contributed by atoms with Crippen molar-refractivity contribution in [1.29, 1.82) is 0 Å². The maximum atomic E-state index is 5.05. The van der Waals surface area contributed by atoms with Gasteiger partial charge in [-0.3, -0.25) is 4.57 Å². The van der Waals surface area contributed by atoms with Gasteiger partial charge in [0.25, 0.3) is 0 Å². The molecule has 0 unspecified atom stereocenters. The molecule has 0 amide bonds. The van der Waals surface area contributed by atoms with Crippen molar-refractivity contribution in [3.8, 4) is 27.9 Å². The zero-order valence-electron chi connectivity index (χ0n) is 25.3. The Balaban J connectivity index is 1.30. The Hall–Kier alpha value is -5.38. The van der Waals surface area contributed by atoms with Crippen molar-refractivity contribution in [2.45, 2.75) is 23.1 Å². The molecular weight excluding hydrogens is 577 g/mol. The van der Waals surface area contributed by atoms with Crippen molar-refractivity contribution in [2.75, 3.05) is 0 Å². The lowest BCUT2D eigenvalue weighted by Crippen LogP contribution is -2.06. The second-order valence-electron chi connectivity index (χ2n) is 12.2. The van der Waals surface area contributed by atoms with Crippen LogP contribution in [0.25, 0.3) is 82.1 Å². The number of rotatable bonds is 3. The van der Waals surface area contributed by atoms with Gasteiger partial charge in [0.1, 0.15) is 5.82 Å². The lowest BCUT2D eigenvalue weighted by molar-refractivity contribution is 0.888. The average molecular weight is 605 g/mol. The normalized spacial score (nSPS) is 12.5. The molecule has 9 aromatic rings. The third-order valence-electron chi connectivity index (χ3n) is 9.70. The molecule has 1 aromatic heterocycles. The van der Waals surface area contributed by atoms with Crippen LogP contribution in [0.15, 0.2) is 149 Å². The van der Waals surface area contributed by atoms with E-state index in [0.29, 0.717) is 0 Å². The van der Waals surface area contributed by atoms with Gasteiger partial charge in [-0.15, -0.1) is 0 Å². The number of imidazole rings is 1. The summed E-state index contributed by atoms with van der Waals surface area (Å²) in [5.74, 6) is 1.11. The highest BCUT2D eigenvalue weighted by Gasteiger charge is 2.25. The van der Waals surface area contributed by atoms with Gasteiger partial charge in [0, 0.05) is 16.2 Å². The van der Waals surface area contributed by atoms with Crippen molar-refractivity contribution in [2.24, 2.45) is 0 Å².